The molecule has 0 bridgehead atoms. The second-order valence-electron chi connectivity index (χ2n) is 5.72. The number of thiazole rings is 1. The van der Waals surface area contributed by atoms with E-state index in [1.807, 2.05) is 0 Å². The summed E-state index contributed by atoms with van der Waals surface area (Å²) in [7, 11) is 0. The summed E-state index contributed by atoms with van der Waals surface area (Å²) >= 11 is 6.90. The van der Waals surface area contributed by atoms with Crippen LogP contribution < -0.4 is 5.56 Å². The van der Waals surface area contributed by atoms with Gasteiger partial charge in [0.2, 0.25) is 0 Å². The van der Waals surface area contributed by atoms with Crippen molar-refractivity contribution in [1.29, 1.82) is 5.26 Å². The maximum atomic E-state index is 12.9. The minimum atomic E-state index is -4.58. The average molecular weight is 444 g/mol. The van der Waals surface area contributed by atoms with Crippen LogP contribution in [0.3, 0.4) is 0 Å². The number of nitro groups is 1. The van der Waals surface area contributed by atoms with Crippen molar-refractivity contribution in [2.24, 2.45) is 0 Å². The zero-order chi connectivity index (χ0) is 21.5. The smallest absolute Gasteiger partial charge is 0.358 e. The summed E-state index contributed by atoms with van der Waals surface area (Å²) in [6.45, 7) is 1.54. The topological polar surface area (TPSA) is 115 Å². The van der Waals surface area contributed by atoms with Crippen LogP contribution in [0, 0.1) is 21.4 Å². The quantitative estimate of drug-likeness (QED) is 0.442. The molecule has 0 unspecified atom stereocenters. The van der Waals surface area contributed by atoms with Gasteiger partial charge in [0.1, 0.15) is 21.5 Å². The van der Waals surface area contributed by atoms with Crippen LogP contribution in [0.15, 0.2) is 23.0 Å². The van der Waals surface area contributed by atoms with Crippen molar-refractivity contribution < 1.29 is 18.1 Å². The predicted molar refractivity (Wildman–Crippen MR) is 97.9 cm³/mol. The summed E-state index contributed by atoms with van der Waals surface area (Å²) in [5.41, 5.74) is -2.22. The fourth-order valence-electron chi connectivity index (χ4n) is 2.63. The van der Waals surface area contributed by atoms with Gasteiger partial charge in [0.15, 0.2) is 0 Å². The van der Waals surface area contributed by atoms with Gasteiger partial charge in [-0.1, -0.05) is 11.6 Å². The van der Waals surface area contributed by atoms with Gasteiger partial charge < -0.3 is 10.1 Å². The Kier molecular flexibility index (Phi) is 5.29. The standard InChI is InChI=1S/C16H9ClF3N5O3S/c1-2-24-15(26)12(17)11(13(23-24)25(27)28)8(6-21)14-22-9-5-7(16(18,19)20)3-4-10(9)29-14/h3-5,8H,2H2,1H3/t8-/m1/s1. The Hall–Kier alpha value is -3.04. The summed E-state index contributed by atoms with van der Waals surface area (Å²) in [6, 6.07) is 4.66. The molecule has 0 aliphatic heterocycles. The number of fused-ring (bicyclic) bond motifs is 1. The molecule has 0 saturated carbocycles. The molecule has 13 heteroatoms. The highest BCUT2D eigenvalue weighted by Crippen LogP contribution is 2.39. The number of aromatic nitrogens is 3. The van der Waals surface area contributed by atoms with Crippen molar-refractivity contribution in [3.05, 3.63) is 59.8 Å². The first-order valence-corrected chi connectivity index (χ1v) is 9.10. The third kappa shape index (κ3) is 3.66. The van der Waals surface area contributed by atoms with Crippen molar-refractivity contribution in [3.8, 4) is 6.07 Å². The summed E-state index contributed by atoms with van der Waals surface area (Å²) in [5.74, 6) is -2.25. The number of nitrogens with zero attached hydrogens (tertiary/aromatic N) is 5. The summed E-state index contributed by atoms with van der Waals surface area (Å²) < 4.78 is 39.8. The molecule has 0 amide bonds. The molecule has 0 aliphatic rings. The Labute approximate surface area is 168 Å². The van der Waals surface area contributed by atoms with Crippen molar-refractivity contribution >= 4 is 39.0 Å². The van der Waals surface area contributed by atoms with E-state index in [4.69, 9.17) is 11.6 Å². The van der Waals surface area contributed by atoms with E-state index in [1.54, 1.807) is 6.07 Å². The predicted octanol–water partition coefficient (Wildman–Crippen LogP) is 4.11. The molecule has 8 nitrogen and oxygen atoms in total. The van der Waals surface area contributed by atoms with Crippen molar-refractivity contribution in [1.82, 2.24) is 14.8 Å². The van der Waals surface area contributed by atoms with Gasteiger partial charge in [0, 0.05) is 0 Å². The van der Waals surface area contributed by atoms with E-state index in [1.165, 1.54) is 13.0 Å². The second-order valence-corrected chi connectivity index (χ2v) is 7.16. The summed E-state index contributed by atoms with van der Waals surface area (Å²) in [5, 5.41) is 24.1. The highest BCUT2D eigenvalue weighted by Gasteiger charge is 2.35. The molecule has 0 saturated heterocycles. The Morgan fingerprint density at radius 2 is 2.14 bits per heavy atom. The van der Waals surface area contributed by atoms with Crippen molar-refractivity contribution in [3.63, 3.8) is 0 Å². The van der Waals surface area contributed by atoms with Gasteiger partial charge in [0.25, 0.3) is 0 Å². The molecule has 2 aromatic heterocycles. The summed E-state index contributed by atoms with van der Waals surface area (Å²) in [6.07, 6.45) is -4.58. The van der Waals surface area contributed by atoms with E-state index in [2.05, 4.69) is 10.1 Å². The highest BCUT2D eigenvalue weighted by atomic mass is 35.5. The SMILES string of the molecule is CCn1nc([N+](=O)[O-])c([C@@H](C#N)c2nc3cc(C(F)(F)F)ccc3s2)c(Cl)c1=O. The Bertz CT molecular complexity index is 1230. The van der Waals surface area contributed by atoms with Crippen LogP contribution in [0.5, 0.6) is 0 Å². The van der Waals surface area contributed by atoms with Gasteiger partial charge in [-0.2, -0.15) is 18.4 Å². The molecular formula is C16H9ClF3N5O3S. The van der Waals surface area contributed by atoms with Crippen molar-refractivity contribution in [2.45, 2.75) is 25.6 Å². The monoisotopic (exact) mass is 443 g/mol. The van der Waals surface area contributed by atoms with Crippen LogP contribution >= 0.6 is 22.9 Å². The van der Waals surface area contributed by atoms with Gasteiger partial charge >= 0.3 is 17.6 Å². The van der Waals surface area contributed by atoms with Crippen LogP contribution in [0.2, 0.25) is 5.02 Å². The van der Waals surface area contributed by atoms with E-state index in [-0.39, 0.29) is 17.1 Å². The van der Waals surface area contributed by atoms with E-state index in [9.17, 15) is 33.3 Å². The molecule has 1 aromatic carbocycles. The van der Waals surface area contributed by atoms with Crippen LogP contribution in [-0.4, -0.2) is 19.7 Å². The van der Waals surface area contributed by atoms with Crippen molar-refractivity contribution in [2.75, 3.05) is 0 Å². The second kappa shape index (κ2) is 7.41. The number of alkyl halides is 3. The first-order chi connectivity index (χ1) is 13.6. The lowest BCUT2D eigenvalue weighted by atomic mass is 10.0. The minimum Gasteiger partial charge on any atom is -0.358 e. The third-order valence-corrected chi connectivity index (χ3v) is 5.45. The zero-order valence-electron chi connectivity index (χ0n) is 14.4. The largest absolute Gasteiger partial charge is 0.416 e. The number of benzene rings is 1. The molecule has 0 fully saturated rings. The van der Waals surface area contributed by atoms with E-state index in [0.717, 1.165) is 28.2 Å². The molecule has 0 spiro atoms. The summed E-state index contributed by atoms with van der Waals surface area (Å²) in [4.78, 5) is 26.9. The number of hydrogen-bond acceptors (Lipinski definition) is 7. The number of aryl methyl sites for hydroxylation is 1. The molecule has 3 aromatic rings. The van der Waals surface area contributed by atoms with Gasteiger partial charge in [-0.15, -0.1) is 16.0 Å². The van der Waals surface area contributed by atoms with E-state index < -0.39 is 44.5 Å². The lowest BCUT2D eigenvalue weighted by Crippen LogP contribution is -2.26. The number of nitriles is 1. The van der Waals surface area contributed by atoms with Gasteiger partial charge in [-0.05, 0) is 30.0 Å². The zero-order valence-corrected chi connectivity index (χ0v) is 16.0. The Balaban J connectivity index is 2.23. The average Bonchev–Trinajstić information content (AvgIpc) is 3.07. The molecule has 2 heterocycles. The molecule has 0 radical (unpaired) electrons. The molecule has 0 N–H and O–H groups in total. The molecule has 29 heavy (non-hydrogen) atoms. The van der Waals surface area contributed by atoms with E-state index in [0.29, 0.717) is 4.70 Å². The van der Waals surface area contributed by atoms with Gasteiger partial charge in [0.05, 0.1) is 33.5 Å². The van der Waals surface area contributed by atoms with Crippen LogP contribution in [0.1, 0.15) is 29.0 Å². The fraction of sp³-hybridized carbons (Fsp3) is 0.250. The fourth-order valence-corrected chi connectivity index (χ4v) is 3.93. The molecule has 3 rings (SSSR count). The van der Waals surface area contributed by atoms with E-state index >= 15 is 0 Å². The third-order valence-electron chi connectivity index (χ3n) is 3.98. The van der Waals surface area contributed by atoms with Crippen LogP contribution in [-0.2, 0) is 12.7 Å². The van der Waals surface area contributed by atoms with Crippen LogP contribution in [0.4, 0.5) is 19.0 Å². The maximum Gasteiger partial charge on any atom is 0.416 e. The lowest BCUT2D eigenvalue weighted by Gasteiger charge is -2.09. The molecule has 150 valence electrons. The Morgan fingerprint density at radius 3 is 2.69 bits per heavy atom. The number of rotatable bonds is 4. The number of hydrogen-bond donors (Lipinski definition) is 0. The highest BCUT2D eigenvalue weighted by molar-refractivity contribution is 7.18. The molecule has 1 atom stereocenters. The first-order valence-electron chi connectivity index (χ1n) is 7.90. The normalized spacial score (nSPS) is 12.7. The van der Waals surface area contributed by atoms with Gasteiger partial charge in [-0.25, -0.2) is 4.98 Å². The molecule has 0 aliphatic carbocycles. The Morgan fingerprint density at radius 1 is 1.45 bits per heavy atom. The van der Waals surface area contributed by atoms with Gasteiger partial charge in [-0.3, -0.25) is 4.79 Å². The maximum absolute atomic E-state index is 12.9. The lowest BCUT2D eigenvalue weighted by molar-refractivity contribution is -0.391. The minimum absolute atomic E-state index is 0.0122. The number of halogens is 4. The van der Waals surface area contributed by atoms with Crippen LogP contribution in [0.25, 0.3) is 10.2 Å². The molecular weight excluding hydrogens is 435 g/mol. The first kappa shape index (κ1) is 20.7.